The third-order valence-corrected chi connectivity index (χ3v) is 3.51. The van der Waals surface area contributed by atoms with E-state index in [0.717, 1.165) is 24.3 Å². The van der Waals surface area contributed by atoms with Crippen LogP contribution in [0.2, 0.25) is 0 Å². The maximum Gasteiger partial charge on any atom is 0.437 e. The fourth-order valence-electron chi connectivity index (χ4n) is 2.42. The zero-order valence-electron chi connectivity index (χ0n) is 14.3. The lowest BCUT2D eigenvalue weighted by atomic mass is 10.1. The number of ether oxygens (including phenoxy) is 1. The van der Waals surface area contributed by atoms with Crippen LogP contribution in [-0.2, 0) is 0 Å². The number of nitrogens with zero attached hydrogens (tertiary/aromatic N) is 6. The molecule has 0 bridgehead atoms. The van der Waals surface area contributed by atoms with E-state index in [1.54, 1.807) is 0 Å². The molecule has 0 aromatic heterocycles. The predicted octanol–water partition coefficient (Wildman–Crippen LogP) is 2.93. The Morgan fingerprint density at radius 3 is 1.23 bits per heavy atom. The van der Waals surface area contributed by atoms with Crippen LogP contribution in [0.4, 0.5) is 34.1 Å². The van der Waals surface area contributed by atoms with Crippen molar-refractivity contribution in [3.05, 3.63) is 85.0 Å². The number of para-hydroxylation sites is 2. The lowest BCUT2D eigenvalue weighted by Crippen LogP contribution is -2.10. The maximum atomic E-state index is 11.5. The SMILES string of the molecule is O=[N+]([O-])c1ccccc1Oc1c([N+](=O)[O-])c([N+](=O)[O-])c([N+](=O)[O-])c([N+](=O)[O-])c1[N+](=O)[O-]. The summed E-state index contributed by atoms with van der Waals surface area (Å²) in [7, 11) is 0. The number of rotatable bonds is 8. The van der Waals surface area contributed by atoms with Gasteiger partial charge in [-0.1, -0.05) is 12.1 Å². The van der Waals surface area contributed by atoms with Crippen molar-refractivity contribution in [3.63, 3.8) is 0 Å². The van der Waals surface area contributed by atoms with Crippen LogP contribution in [0, 0.1) is 60.7 Å². The van der Waals surface area contributed by atoms with E-state index in [9.17, 15) is 60.7 Å². The normalized spacial score (nSPS) is 10.2. The lowest BCUT2D eigenvalue weighted by Gasteiger charge is -2.08. The van der Waals surface area contributed by atoms with Gasteiger partial charge in [-0.15, -0.1) is 0 Å². The minimum Gasteiger partial charge on any atom is -0.436 e. The fourth-order valence-corrected chi connectivity index (χ4v) is 2.42. The Balaban J connectivity index is 3.16. The standard InChI is InChI=1S/C12H4N6O13/c19-13(20)5-3-1-2-4-6(5)31-12-10(17(27)28)8(15(23)24)7(14(21)22)9(16(25)26)11(12)18(29)30/h1-4H. The van der Waals surface area contributed by atoms with E-state index in [2.05, 4.69) is 0 Å². The molecule has 0 fully saturated rings. The Bertz CT molecular complexity index is 1140. The van der Waals surface area contributed by atoms with E-state index < -0.39 is 75.2 Å². The van der Waals surface area contributed by atoms with Crippen molar-refractivity contribution in [2.75, 3.05) is 0 Å². The zero-order valence-corrected chi connectivity index (χ0v) is 14.3. The van der Waals surface area contributed by atoms with E-state index in [-0.39, 0.29) is 0 Å². The van der Waals surface area contributed by atoms with E-state index in [4.69, 9.17) is 4.74 Å². The van der Waals surface area contributed by atoms with E-state index in [1.165, 1.54) is 0 Å². The quantitative estimate of drug-likeness (QED) is 0.422. The molecule has 2 aromatic carbocycles. The summed E-state index contributed by atoms with van der Waals surface area (Å²) in [6.07, 6.45) is 0. The molecule has 31 heavy (non-hydrogen) atoms. The summed E-state index contributed by atoms with van der Waals surface area (Å²) in [5.41, 5.74) is -11.2. The van der Waals surface area contributed by atoms with Crippen molar-refractivity contribution in [1.29, 1.82) is 0 Å². The zero-order chi connectivity index (χ0) is 23.6. The Labute approximate surface area is 166 Å². The van der Waals surface area contributed by atoms with Gasteiger partial charge >= 0.3 is 34.1 Å². The molecule has 0 amide bonds. The van der Waals surface area contributed by atoms with Crippen molar-refractivity contribution in [2.24, 2.45) is 0 Å². The number of nitro groups is 6. The molecule has 0 aliphatic carbocycles. The van der Waals surface area contributed by atoms with Gasteiger partial charge in [0.15, 0.2) is 0 Å². The second-order valence-corrected chi connectivity index (χ2v) is 5.18. The van der Waals surface area contributed by atoms with Gasteiger partial charge in [0.05, 0.1) is 29.5 Å². The number of hydrogen-bond donors (Lipinski definition) is 0. The highest BCUT2D eigenvalue weighted by Gasteiger charge is 2.56. The molecule has 0 radical (unpaired) electrons. The molecular formula is C12H4N6O13. The first kappa shape index (κ1) is 21.9. The molecular weight excluding hydrogens is 436 g/mol. The summed E-state index contributed by atoms with van der Waals surface area (Å²) in [5, 5.41) is 67.9. The molecule has 0 saturated carbocycles. The van der Waals surface area contributed by atoms with E-state index in [1.807, 2.05) is 0 Å². The second-order valence-electron chi connectivity index (χ2n) is 5.18. The van der Waals surface area contributed by atoms with Crippen molar-refractivity contribution in [2.45, 2.75) is 0 Å². The number of nitro benzene ring substituents is 6. The van der Waals surface area contributed by atoms with Gasteiger partial charge in [-0.25, -0.2) is 0 Å². The van der Waals surface area contributed by atoms with Crippen LogP contribution in [0.15, 0.2) is 24.3 Å². The molecule has 0 aliphatic rings. The highest BCUT2D eigenvalue weighted by atomic mass is 16.7. The molecule has 0 saturated heterocycles. The summed E-state index contributed by atoms with van der Waals surface area (Å²) in [6.45, 7) is 0. The van der Waals surface area contributed by atoms with Gasteiger partial charge in [-0.05, 0) is 6.07 Å². The van der Waals surface area contributed by atoms with Crippen molar-refractivity contribution in [1.82, 2.24) is 0 Å². The Kier molecular flexibility index (Phi) is 5.62. The highest BCUT2D eigenvalue weighted by Crippen LogP contribution is 2.57. The van der Waals surface area contributed by atoms with Crippen LogP contribution < -0.4 is 4.74 Å². The molecule has 0 aliphatic heterocycles. The minimum atomic E-state index is -2.14. The minimum absolute atomic E-state index is 0.782. The number of hydrogen-bond acceptors (Lipinski definition) is 13. The Hall–Kier alpha value is -5.36. The van der Waals surface area contributed by atoms with E-state index in [0.29, 0.717) is 0 Å². The third kappa shape index (κ3) is 3.80. The van der Waals surface area contributed by atoms with Crippen LogP contribution in [0.1, 0.15) is 0 Å². The first-order valence-corrected chi connectivity index (χ1v) is 7.27. The van der Waals surface area contributed by atoms with Crippen LogP contribution in [0.3, 0.4) is 0 Å². The average Bonchev–Trinajstić information content (AvgIpc) is 2.65. The Morgan fingerprint density at radius 2 is 0.871 bits per heavy atom. The van der Waals surface area contributed by atoms with Gasteiger partial charge in [0.1, 0.15) is 0 Å². The predicted molar refractivity (Wildman–Crippen MR) is 92.9 cm³/mol. The Morgan fingerprint density at radius 1 is 0.516 bits per heavy atom. The van der Waals surface area contributed by atoms with Gasteiger partial charge in [0, 0.05) is 6.07 Å². The van der Waals surface area contributed by atoms with Crippen molar-refractivity contribution >= 4 is 34.1 Å². The van der Waals surface area contributed by atoms with E-state index >= 15 is 0 Å². The molecule has 19 nitrogen and oxygen atoms in total. The first-order valence-electron chi connectivity index (χ1n) is 7.27. The summed E-state index contributed by atoms with van der Waals surface area (Å²) in [4.78, 5) is 58.2. The third-order valence-electron chi connectivity index (χ3n) is 3.51. The average molecular weight is 440 g/mol. The van der Waals surface area contributed by atoms with Crippen LogP contribution in [0.5, 0.6) is 11.5 Å². The monoisotopic (exact) mass is 440 g/mol. The first-order chi connectivity index (χ1) is 14.4. The van der Waals surface area contributed by atoms with Crippen molar-refractivity contribution in [3.8, 4) is 11.5 Å². The van der Waals surface area contributed by atoms with Gasteiger partial charge in [0.2, 0.25) is 5.75 Å². The second kappa shape index (κ2) is 7.94. The maximum absolute atomic E-state index is 11.5. The molecule has 0 atom stereocenters. The topological polar surface area (TPSA) is 268 Å². The molecule has 0 N–H and O–H groups in total. The largest absolute Gasteiger partial charge is 0.437 e. The molecule has 160 valence electrons. The van der Waals surface area contributed by atoms with Crippen LogP contribution in [-0.4, -0.2) is 29.5 Å². The molecule has 0 heterocycles. The molecule has 2 aromatic rings. The lowest BCUT2D eigenvalue weighted by molar-refractivity contribution is -0.460. The summed E-state index contributed by atoms with van der Waals surface area (Å²) >= 11 is 0. The summed E-state index contributed by atoms with van der Waals surface area (Å²) in [5.74, 6) is -2.69. The molecule has 0 unspecified atom stereocenters. The van der Waals surface area contributed by atoms with Crippen LogP contribution in [0.25, 0.3) is 0 Å². The van der Waals surface area contributed by atoms with Gasteiger partial charge < -0.3 is 4.74 Å². The van der Waals surface area contributed by atoms with Crippen LogP contribution >= 0.6 is 0 Å². The highest BCUT2D eigenvalue weighted by molar-refractivity contribution is 5.88. The van der Waals surface area contributed by atoms with Gasteiger partial charge in [-0.2, -0.15) is 0 Å². The molecule has 19 heteroatoms. The van der Waals surface area contributed by atoms with Gasteiger partial charge in [-0.3, -0.25) is 60.7 Å². The van der Waals surface area contributed by atoms with Gasteiger partial charge in [0.25, 0.3) is 5.75 Å². The summed E-state index contributed by atoms with van der Waals surface area (Å²) < 4.78 is 4.82. The van der Waals surface area contributed by atoms with Crippen molar-refractivity contribution < 1.29 is 34.3 Å². The molecule has 0 spiro atoms. The molecule has 2 rings (SSSR count). The fraction of sp³-hybridized carbons (Fsp3) is 0. The smallest absolute Gasteiger partial charge is 0.436 e. The number of benzene rings is 2. The summed E-state index contributed by atoms with van der Waals surface area (Å²) in [6, 6.07) is 3.76.